The van der Waals surface area contributed by atoms with Crippen molar-refractivity contribution in [1.82, 2.24) is 29.9 Å². The van der Waals surface area contributed by atoms with Gasteiger partial charge in [-0.1, -0.05) is 37.2 Å². The van der Waals surface area contributed by atoms with Crippen LogP contribution in [0.5, 0.6) is 5.88 Å². The summed E-state index contributed by atoms with van der Waals surface area (Å²) >= 11 is 7.17. The molecule has 0 aliphatic rings. The van der Waals surface area contributed by atoms with Crippen LogP contribution in [0, 0.1) is 5.92 Å². The first-order valence-electron chi connectivity index (χ1n) is 7.89. The summed E-state index contributed by atoms with van der Waals surface area (Å²) in [5.74, 6) is 0.0632. The van der Waals surface area contributed by atoms with E-state index in [9.17, 15) is 4.79 Å². The van der Waals surface area contributed by atoms with Crippen molar-refractivity contribution in [2.24, 2.45) is 5.92 Å². The van der Waals surface area contributed by atoms with E-state index in [1.807, 2.05) is 13.8 Å². The van der Waals surface area contributed by atoms with Gasteiger partial charge in [-0.25, -0.2) is 15.0 Å². The summed E-state index contributed by atoms with van der Waals surface area (Å²) in [4.78, 5) is 36.2. The Balaban J connectivity index is 1.84. The predicted octanol–water partition coefficient (Wildman–Crippen LogP) is 2.14. The standard InChI is InChI=1S/C15H17ClN8O2S/c1-6(2)9(11(25)22-15-18-4-7(16)12(23-15)26-3)27-13-8-10(20-5-19-8)21-14(17)24-13/h4-6,9H,1-3H3,(H,18,22,23,25)(H3,17,19,20,21,24)/t9-/m0/s1. The highest BCUT2D eigenvalue weighted by molar-refractivity contribution is 8.00. The number of nitrogens with two attached hydrogens (primary N) is 1. The number of amides is 1. The Kier molecular flexibility index (Phi) is 5.61. The average molecular weight is 409 g/mol. The maximum Gasteiger partial charge on any atom is 0.240 e. The molecular weight excluding hydrogens is 392 g/mol. The minimum absolute atomic E-state index is 0.0154. The van der Waals surface area contributed by atoms with Crippen molar-refractivity contribution in [1.29, 1.82) is 0 Å². The fraction of sp³-hybridized carbons (Fsp3) is 0.333. The third-order valence-corrected chi connectivity index (χ3v) is 5.30. The number of halogens is 1. The fourth-order valence-electron chi connectivity index (χ4n) is 2.26. The molecule has 0 aromatic carbocycles. The highest BCUT2D eigenvalue weighted by Crippen LogP contribution is 2.32. The first-order valence-corrected chi connectivity index (χ1v) is 9.15. The van der Waals surface area contributed by atoms with Crippen molar-refractivity contribution in [2.75, 3.05) is 18.2 Å². The van der Waals surface area contributed by atoms with Crippen LogP contribution in [0.4, 0.5) is 11.9 Å². The van der Waals surface area contributed by atoms with E-state index in [-0.39, 0.29) is 34.6 Å². The molecule has 3 aromatic rings. The van der Waals surface area contributed by atoms with Crippen LogP contribution in [-0.4, -0.2) is 48.2 Å². The molecule has 12 heteroatoms. The Labute approximate surface area is 163 Å². The van der Waals surface area contributed by atoms with Crippen molar-refractivity contribution in [3.63, 3.8) is 0 Å². The second kappa shape index (κ2) is 7.92. The Morgan fingerprint density at radius 1 is 1.33 bits per heavy atom. The molecule has 4 N–H and O–H groups in total. The van der Waals surface area contributed by atoms with E-state index in [2.05, 4.69) is 35.2 Å². The van der Waals surface area contributed by atoms with Gasteiger partial charge in [0.25, 0.3) is 0 Å². The van der Waals surface area contributed by atoms with Crippen LogP contribution in [0.15, 0.2) is 17.6 Å². The van der Waals surface area contributed by atoms with E-state index in [0.717, 1.165) is 0 Å². The molecule has 0 spiro atoms. The lowest BCUT2D eigenvalue weighted by Gasteiger charge is -2.19. The number of nitrogens with zero attached hydrogens (tertiary/aromatic N) is 5. The smallest absolute Gasteiger partial charge is 0.240 e. The molecule has 0 bridgehead atoms. The molecule has 3 rings (SSSR count). The highest BCUT2D eigenvalue weighted by atomic mass is 35.5. The van der Waals surface area contributed by atoms with Gasteiger partial charge < -0.3 is 15.5 Å². The summed E-state index contributed by atoms with van der Waals surface area (Å²) in [6.45, 7) is 3.85. The summed E-state index contributed by atoms with van der Waals surface area (Å²) in [6, 6.07) is 0. The largest absolute Gasteiger partial charge is 0.480 e. The van der Waals surface area contributed by atoms with Gasteiger partial charge in [0, 0.05) is 0 Å². The number of anilines is 2. The molecule has 0 fully saturated rings. The van der Waals surface area contributed by atoms with Crippen LogP contribution in [0.2, 0.25) is 5.02 Å². The van der Waals surface area contributed by atoms with Gasteiger partial charge in [-0.05, 0) is 5.92 Å². The average Bonchev–Trinajstić information content (AvgIpc) is 3.09. The molecule has 1 atom stereocenters. The number of aromatic nitrogens is 6. The fourth-order valence-corrected chi connectivity index (χ4v) is 3.52. The number of hydrogen-bond donors (Lipinski definition) is 3. The lowest BCUT2D eigenvalue weighted by molar-refractivity contribution is -0.116. The molecule has 0 unspecified atom stereocenters. The highest BCUT2D eigenvalue weighted by Gasteiger charge is 2.27. The lowest BCUT2D eigenvalue weighted by Crippen LogP contribution is -2.30. The van der Waals surface area contributed by atoms with Crippen LogP contribution >= 0.6 is 23.4 Å². The summed E-state index contributed by atoms with van der Waals surface area (Å²) < 4.78 is 5.04. The van der Waals surface area contributed by atoms with Gasteiger partial charge in [-0.15, -0.1) is 0 Å². The molecule has 0 radical (unpaired) electrons. The number of aromatic amines is 1. The molecule has 0 saturated carbocycles. The van der Waals surface area contributed by atoms with Crippen LogP contribution in [0.25, 0.3) is 11.2 Å². The van der Waals surface area contributed by atoms with Gasteiger partial charge in [-0.2, -0.15) is 9.97 Å². The Morgan fingerprint density at radius 2 is 2.11 bits per heavy atom. The van der Waals surface area contributed by atoms with E-state index in [1.165, 1.54) is 31.4 Å². The number of rotatable bonds is 6. The topological polar surface area (TPSA) is 145 Å². The Bertz CT molecular complexity index is 980. The van der Waals surface area contributed by atoms with Crippen LogP contribution in [-0.2, 0) is 4.79 Å². The van der Waals surface area contributed by atoms with E-state index in [0.29, 0.717) is 16.2 Å². The zero-order chi connectivity index (χ0) is 19.6. The van der Waals surface area contributed by atoms with Gasteiger partial charge in [0.15, 0.2) is 5.65 Å². The number of methoxy groups -OCH3 is 1. The summed E-state index contributed by atoms with van der Waals surface area (Å²) in [7, 11) is 1.43. The molecule has 10 nitrogen and oxygen atoms in total. The van der Waals surface area contributed by atoms with Crippen molar-refractivity contribution < 1.29 is 9.53 Å². The monoisotopic (exact) mass is 408 g/mol. The predicted molar refractivity (Wildman–Crippen MR) is 103 cm³/mol. The Hall–Kier alpha value is -2.66. The maximum absolute atomic E-state index is 12.8. The Morgan fingerprint density at radius 3 is 2.81 bits per heavy atom. The van der Waals surface area contributed by atoms with Crippen molar-refractivity contribution in [2.45, 2.75) is 24.1 Å². The number of hydrogen-bond acceptors (Lipinski definition) is 9. The van der Waals surface area contributed by atoms with E-state index in [4.69, 9.17) is 22.1 Å². The van der Waals surface area contributed by atoms with E-state index < -0.39 is 5.25 Å². The zero-order valence-corrected chi connectivity index (χ0v) is 16.3. The first-order chi connectivity index (χ1) is 12.9. The van der Waals surface area contributed by atoms with E-state index in [1.54, 1.807) is 0 Å². The SMILES string of the molecule is COc1nc(NC(=O)[C@@H](Sc2nc(N)nc3nc[nH]c23)C(C)C)ncc1Cl. The molecule has 3 heterocycles. The normalized spacial score (nSPS) is 12.3. The number of ether oxygens (including phenoxy) is 1. The molecule has 0 aliphatic heterocycles. The summed E-state index contributed by atoms with van der Waals surface area (Å²) in [5, 5.41) is 2.98. The molecular formula is C15H17ClN8O2S. The van der Waals surface area contributed by atoms with Crippen LogP contribution in [0.3, 0.4) is 0 Å². The molecule has 3 aromatic heterocycles. The number of H-pyrrole nitrogens is 1. The van der Waals surface area contributed by atoms with Crippen molar-refractivity contribution in [3.05, 3.63) is 17.5 Å². The summed E-state index contributed by atoms with van der Waals surface area (Å²) in [5.41, 5.74) is 6.81. The maximum atomic E-state index is 12.8. The zero-order valence-electron chi connectivity index (χ0n) is 14.7. The number of carbonyl (C=O) groups excluding carboxylic acids is 1. The third kappa shape index (κ3) is 4.19. The van der Waals surface area contributed by atoms with Crippen LogP contribution in [0.1, 0.15) is 13.8 Å². The van der Waals surface area contributed by atoms with Gasteiger partial charge in [0.2, 0.25) is 23.7 Å². The number of carbonyl (C=O) groups is 1. The minimum atomic E-state index is -0.490. The number of imidazole rings is 1. The van der Waals surface area contributed by atoms with E-state index >= 15 is 0 Å². The minimum Gasteiger partial charge on any atom is -0.480 e. The van der Waals surface area contributed by atoms with Crippen molar-refractivity contribution >= 4 is 52.3 Å². The lowest BCUT2D eigenvalue weighted by atomic mass is 10.1. The molecule has 142 valence electrons. The molecule has 0 saturated heterocycles. The van der Waals surface area contributed by atoms with Crippen LogP contribution < -0.4 is 15.8 Å². The van der Waals surface area contributed by atoms with Crippen molar-refractivity contribution in [3.8, 4) is 5.88 Å². The van der Waals surface area contributed by atoms with Gasteiger partial charge in [-0.3, -0.25) is 10.1 Å². The number of nitrogen functional groups attached to an aromatic ring is 1. The van der Waals surface area contributed by atoms with Gasteiger partial charge in [0.1, 0.15) is 15.6 Å². The molecule has 1 amide bonds. The second-order valence-corrected chi connectivity index (χ2v) is 7.35. The van der Waals surface area contributed by atoms with Gasteiger partial charge in [0.05, 0.1) is 24.9 Å². The third-order valence-electron chi connectivity index (χ3n) is 3.51. The van der Waals surface area contributed by atoms with Gasteiger partial charge >= 0.3 is 0 Å². The molecule has 27 heavy (non-hydrogen) atoms. The number of thioether (sulfide) groups is 1. The first kappa shape index (κ1) is 19.1. The number of fused-ring (bicyclic) bond motifs is 1. The quantitative estimate of drug-likeness (QED) is 0.412. The molecule has 0 aliphatic carbocycles. The second-order valence-electron chi connectivity index (χ2n) is 5.81. The number of nitrogens with one attached hydrogen (secondary N) is 2. The summed E-state index contributed by atoms with van der Waals surface area (Å²) in [6.07, 6.45) is 2.86.